The van der Waals surface area contributed by atoms with E-state index in [-0.39, 0.29) is 17.1 Å². The average Bonchev–Trinajstić information content (AvgIpc) is 2.53. The van der Waals surface area contributed by atoms with Crippen LogP contribution in [0.15, 0.2) is 23.1 Å². The van der Waals surface area contributed by atoms with Crippen LogP contribution in [0, 0.1) is 0 Å². The highest BCUT2D eigenvalue weighted by molar-refractivity contribution is 6.54. The van der Waals surface area contributed by atoms with E-state index in [4.69, 9.17) is 25.5 Å². The molecule has 19 heavy (non-hydrogen) atoms. The van der Waals surface area contributed by atoms with Crippen LogP contribution in [-0.2, 0) is 14.0 Å². The van der Waals surface area contributed by atoms with E-state index in [2.05, 4.69) is 0 Å². The Hall–Kier alpha value is -1.14. The lowest BCUT2D eigenvalue weighted by atomic mass is 9.76. The van der Waals surface area contributed by atoms with Crippen LogP contribution in [0.3, 0.4) is 0 Å². The van der Waals surface area contributed by atoms with Gasteiger partial charge in [-0.05, 0) is 45.7 Å². The lowest BCUT2D eigenvalue weighted by Gasteiger charge is -2.32. The normalized spacial score (nSPS) is 23.3. The Bertz CT molecular complexity index is 387. The molecular weight excluding hydrogens is 243 g/mol. The standard InChI is InChI=1S/C13H25BN2O3/c1-7-9(8-10(15)11(16)17-6)14-18-12(2,3)13(4,5)19-14/h8H,7,15-16H2,1-6H3/b9-8+,11-10-. The summed E-state index contributed by atoms with van der Waals surface area (Å²) in [4.78, 5) is 0. The second-order valence-corrected chi connectivity index (χ2v) is 5.68. The van der Waals surface area contributed by atoms with E-state index in [0.717, 1.165) is 11.9 Å². The van der Waals surface area contributed by atoms with Gasteiger partial charge in [-0.25, -0.2) is 0 Å². The van der Waals surface area contributed by atoms with Gasteiger partial charge in [0.05, 0.1) is 24.0 Å². The van der Waals surface area contributed by atoms with Crippen LogP contribution in [0.1, 0.15) is 41.0 Å². The number of hydrogen-bond donors (Lipinski definition) is 2. The molecule has 1 heterocycles. The molecule has 1 rings (SSSR count). The first-order chi connectivity index (χ1) is 8.64. The summed E-state index contributed by atoms with van der Waals surface area (Å²) in [6.45, 7) is 10.1. The Kier molecular flexibility index (Phi) is 4.58. The summed E-state index contributed by atoms with van der Waals surface area (Å²) >= 11 is 0. The van der Waals surface area contributed by atoms with Gasteiger partial charge in [0.2, 0.25) is 5.88 Å². The van der Waals surface area contributed by atoms with Crippen molar-refractivity contribution in [2.45, 2.75) is 52.2 Å². The van der Waals surface area contributed by atoms with E-state index in [9.17, 15) is 0 Å². The number of rotatable bonds is 4. The minimum atomic E-state index is -0.404. The van der Waals surface area contributed by atoms with Crippen molar-refractivity contribution in [2.75, 3.05) is 7.11 Å². The van der Waals surface area contributed by atoms with Crippen molar-refractivity contribution >= 4 is 7.12 Å². The first-order valence-corrected chi connectivity index (χ1v) is 6.50. The molecule has 1 aliphatic heterocycles. The van der Waals surface area contributed by atoms with E-state index in [1.54, 1.807) is 6.08 Å². The predicted molar refractivity (Wildman–Crippen MR) is 76.9 cm³/mol. The Labute approximate surface area is 116 Å². The zero-order valence-electron chi connectivity index (χ0n) is 12.7. The van der Waals surface area contributed by atoms with E-state index >= 15 is 0 Å². The molecule has 6 heteroatoms. The molecule has 0 radical (unpaired) electrons. The summed E-state index contributed by atoms with van der Waals surface area (Å²) in [5.41, 5.74) is 12.1. The Morgan fingerprint density at radius 2 is 1.63 bits per heavy atom. The maximum Gasteiger partial charge on any atom is 0.490 e. The number of methoxy groups -OCH3 is 1. The largest absolute Gasteiger partial charge is 0.490 e. The Morgan fingerprint density at radius 3 is 2.00 bits per heavy atom. The number of allylic oxidation sites excluding steroid dienone is 2. The highest BCUT2D eigenvalue weighted by Crippen LogP contribution is 2.39. The van der Waals surface area contributed by atoms with Crippen LogP contribution in [0.25, 0.3) is 0 Å². The molecule has 0 spiro atoms. The minimum absolute atomic E-state index is 0.197. The third kappa shape index (κ3) is 3.25. The quantitative estimate of drug-likeness (QED) is 0.460. The Balaban J connectivity index is 2.99. The topological polar surface area (TPSA) is 79.7 Å². The second-order valence-electron chi connectivity index (χ2n) is 5.68. The Morgan fingerprint density at radius 1 is 1.16 bits per heavy atom. The molecule has 1 saturated heterocycles. The van der Waals surface area contributed by atoms with Crippen molar-refractivity contribution in [3.63, 3.8) is 0 Å². The fourth-order valence-electron chi connectivity index (χ4n) is 1.72. The second kappa shape index (κ2) is 5.47. The van der Waals surface area contributed by atoms with Crippen molar-refractivity contribution in [3.8, 4) is 0 Å². The van der Waals surface area contributed by atoms with Crippen LogP contribution in [0.2, 0.25) is 0 Å². The highest BCUT2D eigenvalue weighted by atomic mass is 16.7. The fourth-order valence-corrected chi connectivity index (χ4v) is 1.72. The van der Waals surface area contributed by atoms with E-state index in [0.29, 0.717) is 5.70 Å². The molecule has 1 aliphatic rings. The van der Waals surface area contributed by atoms with Crippen molar-refractivity contribution in [1.29, 1.82) is 0 Å². The summed E-state index contributed by atoms with van der Waals surface area (Å²) in [7, 11) is 1.08. The van der Waals surface area contributed by atoms with Crippen molar-refractivity contribution in [1.82, 2.24) is 0 Å². The molecule has 5 nitrogen and oxygen atoms in total. The first-order valence-electron chi connectivity index (χ1n) is 6.50. The third-order valence-electron chi connectivity index (χ3n) is 3.81. The minimum Gasteiger partial charge on any atom is -0.481 e. The van der Waals surface area contributed by atoms with Crippen LogP contribution >= 0.6 is 0 Å². The van der Waals surface area contributed by atoms with Crippen LogP contribution < -0.4 is 11.5 Å². The highest BCUT2D eigenvalue weighted by Gasteiger charge is 2.52. The average molecular weight is 268 g/mol. The van der Waals surface area contributed by atoms with Crippen molar-refractivity contribution in [3.05, 3.63) is 23.1 Å². The smallest absolute Gasteiger partial charge is 0.481 e. The predicted octanol–water partition coefficient (Wildman–Crippen LogP) is 1.69. The van der Waals surface area contributed by atoms with Gasteiger partial charge in [0.25, 0.3) is 0 Å². The monoisotopic (exact) mass is 268 g/mol. The van der Waals surface area contributed by atoms with Crippen molar-refractivity contribution in [2.24, 2.45) is 11.5 Å². The summed E-state index contributed by atoms with van der Waals surface area (Å²) in [5, 5.41) is 0. The van der Waals surface area contributed by atoms with Gasteiger partial charge in [-0.3, -0.25) is 0 Å². The van der Waals surface area contributed by atoms with Gasteiger partial charge in [0, 0.05) is 0 Å². The van der Waals surface area contributed by atoms with Crippen molar-refractivity contribution < 1.29 is 14.0 Å². The van der Waals surface area contributed by atoms with E-state index in [1.165, 1.54) is 7.11 Å². The summed E-state index contributed by atoms with van der Waals surface area (Å²) in [6, 6.07) is 0. The first kappa shape index (κ1) is 15.9. The van der Waals surface area contributed by atoms with Crippen LogP contribution in [-0.4, -0.2) is 25.4 Å². The lowest BCUT2D eigenvalue weighted by molar-refractivity contribution is 0.00578. The van der Waals surface area contributed by atoms with Crippen LogP contribution in [0.5, 0.6) is 0 Å². The molecule has 0 aromatic rings. The number of nitrogens with two attached hydrogens (primary N) is 2. The van der Waals surface area contributed by atoms with Gasteiger partial charge in [0.1, 0.15) is 0 Å². The molecule has 108 valence electrons. The molecule has 1 fully saturated rings. The molecule has 0 saturated carbocycles. The summed E-state index contributed by atoms with van der Waals surface area (Å²) < 4.78 is 16.9. The van der Waals surface area contributed by atoms with Crippen LogP contribution in [0.4, 0.5) is 0 Å². The summed E-state index contributed by atoms with van der Waals surface area (Å²) in [6.07, 6.45) is 2.52. The molecule has 0 atom stereocenters. The lowest BCUT2D eigenvalue weighted by Crippen LogP contribution is -2.41. The third-order valence-corrected chi connectivity index (χ3v) is 3.81. The molecule has 4 N–H and O–H groups in total. The maximum atomic E-state index is 5.98. The molecule has 0 bridgehead atoms. The molecular formula is C13H25BN2O3. The van der Waals surface area contributed by atoms with Gasteiger partial charge in [-0.2, -0.15) is 0 Å². The SMILES string of the molecule is CC/C(=C\C(N)=C(/N)OC)B1OC(C)(C)C(C)(C)O1. The maximum absolute atomic E-state index is 5.98. The van der Waals surface area contributed by atoms with E-state index < -0.39 is 7.12 Å². The van der Waals surface area contributed by atoms with E-state index in [1.807, 2.05) is 34.6 Å². The molecule has 0 aliphatic carbocycles. The molecule has 0 aromatic heterocycles. The zero-order chi connectivity index (χ0) is 14.8. The number of ether oxygens (including phenoxy) is 1. The molecule has 0 aromatic carbocycles. The molecule has 0 unspecified atom stereocenters. The van der Waals surface area contributed by atoms with Gasteiger partial charge >= 0.3 is 7.12 Å². The van der Waals surface area contributed by atoms with Gasteiger partial charge in [-0.1, -0.05) is 6.92 Å². The molecule has 0 amide bonds. The number of hydrogen-bond acceptors (Lipinski definition) is 5. The fraction of sp³-hybridized carbons (Fsp3) is 0.692. The van der Waals surface area contributed by atoms with Gasteiger partial charge < -0.3 is 25.5 Å². The summed E-state index contributed by atoms with van der Waals surface area (Å²) in [5.74, 6) is 0.197. The van der Waals surface area contributed by atoms with Gasteiger partial charge in [0.15, 0.2) is 0 Å². The zero-order valence-corrected chi connectivity index (χ0v) is 12.7. The van der Waals surface area contributed by atoms with Gasteiger partial charge in [-0.15, -0.1) is 0 Å².